The third kappa shape index (κ3) is 5.77. The molecule has 2 aromatic rings. The molecule has 2 aliphatic rings. The molecule has 0 saturated carbocycles. The molecule has 1 amide bonds. The lowest BCUT2D eigenvalue weighted by Gasteiger charge is -2.35. The number of benzene rings is 1. The summed E-state index contributed by atoms with van der Waals surface area (Å²) in [5.74, 6) is 0.436. The first-order valence-electron chi connectivity index (χ1n) is 10.9. The molecule has 1 aromatic heterocycles. The van der Waals surface area contributed by atoms with Crippen LogP contribution in [0.2, 0.25) is 0 Å². The largest absolute Gasteiger partial charge is 0.439 e. The minimum absolute atomic E-state index is 0.0246. The summed E-state index contributed by atoms with van der Waals surface area (Å²) < 4.78 is 43.4. The average molecular weight is 448 g/mol. The highest BCUT2D eigenvalue weighted by Gasteiger charge is 2.30. The second-order valence-corrected chi connectivity index (χ2v) is 8.19. The van der Waals surface area contributed by atoms with Gasteiger partial charge in [0, 0.05) is 57.1 Å². The lowest BCUT2D eigenvalue weighted by atomic mass is 10.1. The van der Waals surface area contributed by atoms with Gasteiger partial charge in [-0.2, -0.15) is 13.2 Å². The molecular formula is C23H27F3N4O2. The number of piperazine rings is 1. The van der Waals surface area contributed by atoms with Crippen LogP contribution in [0.15, 0.2) is 42.6 Å². The summed E-state index contributed by atoms with van der Waals surface area (Å²) in [5, 5.41) is 0. The van der Waals surface area contributed by atoms with Crippen LogP contribution in [-0.2, 0) is 6.18 Å². The standard InChI is InChI=1S/C23H27F3N4O2/c24-23(25,26)19-5-8-21(27-17-19)32-20-6-3-18(4-7-20)22(31)30-15-13-29(14-16-30)12-11-28-9-1-2-10-28/h3-8,17H,1-2,9-16H2. The first-order valence-corrected chi connectivity index (χ1v) is 10.9. The summed E-state index contributed by atoms with van der Waals surface area (Å²) in [6.45, 7) is 7.70. The van der Waals surface area contributed by atoms with Crippen LogP contribution >= 0.6 is 0 Å². The molecule has 0 N–H and O–H groups in total. The molecule has 0 atom stereocenters. The van der Waals surface area contributed by atoms with E-state index in [4.69, 9.17) is 4.74 Å². The SMILES string of the molecule is O=C(c1ccc(Oc2ccc(C(F)(F)F)cn2)cc1)N1CCN(CCN2CCCC2)CC1. The first kappa shape index (κ1) is 22.5. The Morgan fingerprint density at radius 1 is 0.875 bits per heavy atom. The van der Waals surface area contributed by atoms with Gasteiger partial charge in [-0.15, -0.1) is 0 Å². The number of hydrogen-bond donors (Lipinski definition) is 0. The number of aromatic nitrogens is 1. The van der Waals surface area contributed by atoms with Gasteiger partial charge in [-0.05, 0) is 56.3 Å². The highest BCUT2D eigenvalue weighted by atomic mass is 19.4. The van der Waals surface area contributed by atoms with Crippen molar-refractivity contribution in [2.24, 2.45) is 0 Å². The lowest BCUT2D eigenvalue weighted by molar-refractivity contribution is -0.137. The normalized spacial score (nSPS) is 18.2. The Morgan fingerprint density at radius 2 is 1.50 bits per heavy atom. The van der Waals surface area contributed by atoms with Gasteiger partial charge in [-0.1, -0.05) is 0 Å². The van der Waals surface area contributed by atoms with Crippen LogP contribution in [0, 0.1) is 0 Å². The van der Waals surface area contributed by atoms with Crippen LogP contribution in [0.4, 0.5) is 13.2 Å². The number of ether oxygens (including phenoxy) is 1. The van der Waals surface area contributed by atoms with E-state index in [0.29, 0.717) is 24.4 Å². The molecule has 9 heteroatoms. The molecule has 0 spiro atoms. The molecule has 3 heterocycles. The number of pyridine rings is 1. The van der Waals surface area contributed by atoms with E-state index >= 15 is 0 Å². The van der Waals surface area contributed by atoms with Gasteiger partial charge in [0.1, 0.15) is 5.75 Å². The molecule has 2 aliphatic heterocycles. The van der Waals surface area contributed by atoms with E-state index < -0.39 is 11.7 Å². The first-order chi connectivity index (χ1) is 15.4. The van der Waals surface area contributed by atoms with E-state index in [2.05, 4.69) is 14.8 Å². The minimum atomic E-state index is -4.44. The number of alkyl halides is 3. The predicted molar refractivity (Wildman–Crippen MR) is 114 cm³/mol. The number of carbonyl (C=O) groups excluding carboxylic acids is 1. The second-order valence-electron chi connectivity index (χ2n) is 8.19. The monoisotopic (exact) mass is 448 g/mol. The molecule has 0 aliphatic carbocycles. The van der Waals surface area contributed by atoms with Crippen molar-refractivity contribution < 1.29 is 22.7 Å². The molecule has 1 aromatic carbocycles. The Hall–Kier alpha value is -2.65. The molecule has 6 nitrogen and oxygen atoms in total. The molecule has 2 saturated heterocycles. The van der Waals surface area contributed by atoms with Crippen molar-refractivity contribution in [1.82, 2.24) is 19.7 Å². The summed E-state index contributed by atoms with van der Waals surface area (Å²) in [7, 11) is 0. The van der Waals surface area contributed by atoms with Crippen LogP contribution in [0.5, 0.6) is 11.6 Å². The minimum Gasteiger partial charge on any atom is -0.439 e. The number of halogens is 3. The van der Waals surface area contributed by atoms with Crippen molar-refractivity contribution in [1.29, 1.82) is 0 Å². The van der Waals surface area contributed by atoms with Gasteiger partial charge in [0.15, 0.2) is 0 Å². The summed E-state index contributed by atoms with van der Waals surface area (Å²) in [5.41, 5.74) is -0.273. The van der Waals surface area contributed by atoms with E-state index in [1.807, 2.05) is 4.90 Å². The summed E-state index contributed by atoms with van der Waals surface area (Å²) in [6, 6.07) is 8.68. The number of amides is 1. The van der Waals surface area contributed by atoms with Gasteiger partial charge in [0.05, 0.1) is 5.56 Å². The van der Waals surface area contributed by atoms with Crippen molar-refractivity contribution in [3.05, 3.63) is 53.7 Å². The number of carbonyl (C=O) groups is 1. The smallest absolute Gasteiger partial charge is 0.417 e. The van der Waals surface area contributed by atoms with E-state index in [9.17, 15) is 18.0 Å². The van der Waals surface area contributed by atoms with Crippen molar-refractivity contribution in [2.45, 2.75) is 19.0 Å². The molecule has 0 bridgehead atoms. The average Bonchev–Trinajstić information content (AvgIpc) is 3.32. The van der Waals surface area contributed by atoms with Gasteiger partial charge < -0.3 is 14.5 Å². The third-order valence-electron chi connectivity index (χ3n) is 5.98. The maximum absolute atomic E-state index is 12.8. The molecule has 0 unspecified atom stereocenters. The van der Waals surface area contributed by atoms with Gasteiger partial charge in [-0.3, -0.25) is 9.69 Å². The topological polar surface area (TPSA) is 48.9 Å². The van der Waals surface area contributed by atoms with Crippen LogP contribution in [0.25, 0.3) is 0 Å². The zero-order valence-corrected chi connectivity index (χ0v) is 17.9. The van der Waals surface area contributed by atoms with Crippen molar-refractivity contribution in [2.75, 3.05) is 52.4 Å². The highest BCUT2D eigenvalue weighted by Crippen LogP contribution is 2.30. The summed E-state index contributed by atoms with van der Waals surface area (Å²) in [6.07, 6.45) is -1.11. The Kier molecular flexibility index (Phi) is 6.95. The zero-order valence-electron chi connectivity index (χ0n) is 17.9. The zero-order chi connectivity index (χ0) is 22.6. The maximum atomic E-state index is 12.8. The van der Waals surface area contributed by atoms with Crippen LogP contribution in [-0.4, -0.2) is 77.9 Å². The van der Waals surface area contributed by atoms with Crippen molar-refractivity contribution in [3.63, 3.8) is 0 Å². The van der Waals surface area contributed by atoms with Gasteiger partial charge in [0.2, 0.25) is 5.88 Å². The van der Waals surface area contributed by atoms with Crippen LogP contribution in [0.1, 0.15) is 28.8 Å². The highest BCUT2D eigenvalue weighted by molar-refractivity contribution is 5.94. The maximum Gasteiger partial charge on any atom is 0.417 e. The molecule has 0 radical (unpaired) electrons. The molecular weight excluding hydrogens is 421 g/mol. The van der Waals surface area contributed by atoms with E-state index in [-0.39, 0.29) is 11.8 Å². The quantitative estimate of drug-likeness (QED) is 0.674. The number of likely N-dealkylation sites (tertiary alicyclic amines) is 1. The fourth-order valence-corrected chi connectivity index (χ4v) is 4.04. The summed E-state index contributed by atoms with van der Waals surface area (Å²) >= 11 is 0. The van der Waals surface area contributed by atoms with Gasteiger partial charge in [0.25, 0.3) is 5.91 Å². The van der Waals surface area contributed by atoms with Crippen molar-refractivity contribution >= 4 is 5.91 Å². The Bertz CT molecular complexity index is 889. The van der Waals surface area contributed by atoms with Crippen LogP contribution in [0.3, 0.4) is 0 Å². The Labute approximate surface area is 185 Å². The Balaban J connectivity index is 1.26. The van der Waals surface area contributed by atoms with Crippen molar-refractivity contribution in [3.8, 4) is 11.6 Å². The van der Waals surface area contributed by atoms with E-state index in [1.54, 1.807) is 24.3 Å². The summed E-state index contributed by atoms with van der Waals surface area (Å²) in [4.78, 5) is 23.3. The van der Waals surface area contributed by atoms with Gasteiger partial charge >= 0.3 is 6.18 Å². The number of hydrogen-bond acceptors (Lipinski definition) is 5. The Morgan fingerprint density at radius 3 is 2.06 bits per heavy atom. The number of nitrogens with zero attached hydrogens (tertiary/aromatic N) is 4. The van der Waals surface area contributed by atoms with E-state index in [1.165, 1.54) is 32.0 Å². The fraction of sp³-hybridized carbons (Fsp3) is 0.478. The lowest BCUT2D eigenvalue weighted by Crippen LogP contribution is -2.50. The second kappa shape index (κ2) is 9.87. The third-order valence-corrected chi connectivity index (χ3v) is 5.98. The molecule has 172 valence electrons. The predicted octanol–water partition coefficient (Wildman–Crippen LogP) is 3.75. The molecule has 4 rings (SSSR count). The molecule has 2 fully saturated rings. The number of rotatable bonds is 6. The van der Waals surface area contributed by atoms with Gasteiger partial charge in [-0.25, -0.2) is 4.98 Å². The van der Waals surface area contributed by atoms with E-state index in [0.717, 1.165) is 38.4 Å². The van der Waals surface area contributed by atoms with Crippen LogP contribution < -0.4 is 4.74 Å². The molecule has 32 heavy (non-hydrogen) atoms. The fourth-order valence-electron chi connectivity index (χ4n) is 4.04.